The second-order valence-corrected chi connectivity index (χ2v) is 7.10. The minimum absolute atomic E-state index is 0.778. The molecule has 4 heteroatoms. The summed E-state index contributed by atoms with van der Waals surface area (Å²) in [6.45, 7) is 3.34. The van der Waals surface area contributed by atoms with Crippen LogP contribution in [0.15, 0.2) is 33.7 Å². The maximum atomic E-state index is 11.2. The van der Waals surface area contributed by atoms with E-state index < -0.39 is 5.60 Å². The first kappa shape index (κ1) is 14.3. The van der Waals surface area contributed by atoms with Crippen LogP contribution in [0.2, 0.25) is 0 Å². The molecule has 0 saturated carbocycles. The Morgan fingerprint density at radius 2 is 1.60 bits per heavy atom. The molecule has 2 nitrogen and oxygen atoms in total. The molecular formula is C16H21NOS2. The molecule has 1 fully saturated rings. The molecule has 0 aliphatic carbocycles. The minimum atomic E-state index is -0.822. The Morgan fingerprint density at radius 1 is 1.00 bits per heavy atom. The van der Waals surface area contributed by atoms with Crippen molar-refractivity contribution < 1.29 is 5.11 Å². The summed E-state index contributed by atoms with van der Waals surface area (Å²) in [5.74, 6) is 0. The highest BCUT2D eigenvalue weighted by Gasteiger charge is 2.32. The van der Waals surface area contributed by atoms with Gasteiger partial charge in [-0.2, -0.15) is 22.7 Å². The molecule has 0 atom stereocenters. The third kappa shape index (κ3) is 2.98. The van der Waals surface area contributed by atoms with Gasteiger partial charge in [0.1, 0.15) is 5.60 Å². The number of nitrogens with zero attached hydrogens (tertiary/aromatic N) is 1. The molecule has 1 aliphatic heterocycles. The molecule has 0 unspecified atom stereocenters. The lowest BCUT2D eigenvalue weighted by atomic mass is 9.86. The van der Waals surface area contributed by atoms with Crippen molar-refractivity contribution in [1.82, 2.24) is 4.90 Å². The standard InChI is InChI=1S/C16H21NOS2/c18-16(14-4-10-19-12-14,15-5-11-20-13-15)6-9-17-7-2-1-3-8-17/h4-5,10-13,18H,1-3,6-9H2. The molecule has 108 valence electrons. The maximum Gasteiger partial charge on any atom is 0.117 e. The quantitative estimate of drug-likeness (QED) is 0.905. The van der Waals surface area contributed by atoms with E-state index in [-0.39, 0.29) is 0 Å². The van der Waals surface area contributed by atoms with Crippen LogP contribution in [-0.2, 0) is 5.60 Å². The molecule has 20 heavy (non-hydrogen) atoms. The highest BCUT2D eigenvalue weighted by molar-refractivity contribution is 7.08. The van der Waals surface area contributed by atoms with E-state index in [1.54, 1.807) is 22.7 Å². The van der Waals surface area contributed by atoms with Gasteiger partial charge in [0.25, 0.3) is 0 Å². The van der Waals surface area contributed by atoms with Crippen LogP contribution in [0.5, 0.6) is 0 Å². The van der Waals surface area contributed by atoms with Crippen LogP contribution >= 0.6 is 22.7 Å². The van der Waals surface area contributed by atoms with E-state index in [1.165, 1.54) is 32.4 Å². The Labute approximate surface area is 128 Å². The van der Waals surface area contributed by atoms with Crippen molar-refractivity contribution in [2.45, 2.75) is 31.3 Å². The number of rotatable bonds is 5. The first-order valence-corrected chi connectivity index (χ1v) is 9.18. The lowest BCUT2D eigenvalue weighted by Crippen LogP contribution is -2.36. The van der Waals surface area contributed by atoms with Crippen LogP contribution in [0, 0.1) is 0 Å². The number of thiophene rings is 2. The lowest BCUT2D eigenvalue weighted by Gasteiger charge is -2.32. The number of likely N-dealkylation sites (tertiary alicyclic amines) is 1. The predicted molar refractivity (Wildman–Crippen MR) is 86.5 cm³/mol. The second-order valence-electron chi connectivity index (χ2n) is 5.54. The molecular weight excluding hydrogens is 286 g/mol. The third-order valence-corrected chi connectivity index (χ3v) is 5.60. The third-order valence-electron chi connectivity index (χ3n) is 4.24. The van der Waals surface area contributed by atoms with Gasteiger partial charge in [-0.3, -0.25) is 0 Å². The average Bonchev–Trinajstić information content (AvgIpc) is 3.18. The average molecular weight is 307 g/mol. The first-order chi connectivity index (χ1) is 9.79. The number of hydrogen-bond donors (Lipinski definition) is 1. The molecule has 0 bridgehead atoms. The Bertz CT molecular complexity index is 466. The van der Waals surface area contributed by atoms with Gasteiger partial charge in [0.2, 0.25) is 0 Å². The van der Waals surface area contributed by atoms with Crippen molar-refractivity contribution in [2.75, 3.05) is 19.6 Å². The Morgan fingerprint density at radius 3 is 2.10 bits per heavy atom. The zero-order chi connectivity index (χ0) is 13.8. The van der Waals surface area contributed by atoms with Crippen molar-refractivity contribution in [3.05, 3.63) is 44.8 Å². The lowest BCUT2D eigenvalue weighted by molar-refractivity contribution is 0.0553. The zero-order valence-corrected chi connectivity index (χ0v) is 13.3. The van der Waals surface area contributed by atoms with Gasteiger partial charge in [0, 0.05) is 6.54 Å². The van der Waals surface area contributed by atoms with E-state index in [0.29, 0.717) is 0 Å². The fourth-order valence-electron chi connectivity index (χ4n) is 2.96. The van der Waals surface area contributed by atoms with Crippen LogP contribution in [0.1, 0.15) is 36.8 Å². The van der Waals surface area contributed by atoms with Crippen molar-refractivity contribution in [3.63, 3.8) is 0 Å². The second kappa shape index (κ2) is 6.39. The van der Waals surface area contributed by atoms with E-state index >= 15 is 0 Å². The summed E-state index contributed by atoms with van der Waals surface area (Å²) in [7, 11) is 0. The molecule has 0 radical (unpaired) electrons. The van der Waals surface area contributed by atoms with Crippen LogP contribution < -0.4 is 0 Å². The van der Waals surface area contributed by atoms with Gasteiger partial charge in [-0.05, 0) is 77.1 Å². The summed E-state index contributed by atoms with van der Waals surface area (Å²) in [4.78, 5) is 2.49. The first-order valence-electron chi connectivity index (χ1n) is 7.29. The zero-order valence-electron chi connectivity index (χ0n) is 11.6. The Hall–Kier alpha value is -0.680. The van der Waals surface area contributed by atoms with E-state index in [9.17, 15) is 5.11 Å². The molecule has 2 aromatic rings. The van der Waals surface area contributed by atoms with Crippen molar-refractivity contribution >= 4 is 22.7 Å². The maximum absolute atomic E-state index is 11.2. The van der Waals surface area contributed by atoms with Crippen LogP contribution in [0.3, 0.4) is 0 Å². The Kier molecular flexibility index (Phi) is 4.56. The molecule has 3 rings (SSSR count). The highest BCUT2D eigenvalue weighted by atomic mass is 32.1. The van der Waals surface area contributed by atoms with Gasteiger partial charge in [0.15, 0.2) is 0 Å². The highest BCUT2D eigenvalue weighted by Crippen LogP contribution is 2.35. The molecule has 3 heterocycles. The minimum Gasteiger partial charge on any atom is -0.380 e. The summed E-state index contributed by atoms with van der Waals surface area (Å²) in [5.41, 5.74) is 1.26. The van der Waals surface area contributed by atoms with E-state index in [1.807, 2.05) is 10.8 Å². The fourth-order valence-corrected chi connectivity index (χ4v) is 4.41. The van der Waals surface area contributed by atoms with Crippen LogP contribution in [0.25, 0.3) is 0 Å². The van der Waals surface area contributed by atoms with Crippen LogP contribution in [-0.4, -0.2) is 29.6 Å². The SMILES string of the molecule is OC(CCN1CCCCC1)(c1ccsc1)c1ccsc1. The van der Waals surface area contributed by atoms with Crippen molar-refractivity contribution in [1.29, 1.82) is 0 Å². The molecule has 0 aromatic carbocycles. The van der Waals surface area contributed by atoms with Crippen LogP contribution in [0.4, 0.5) is 0 Å². The Balaban J connectivity index is 1.76. The largest absolute Gasteiger partial charge is 0.380 e. The van der Waals surface area contributed by atoms with Gasteiger partial charge >= 0.3 is 0 Å². The van der Waals surface area contributed by atoms with E-state index in [4.69, 9.17) is 0 Å². The number of hydrogen-bond acceptors (Lipinski definition) is 4. The summed E-state index contributed by atoms with van der Waals surface area (Å²) in [6.07, 6.45) is 4.74. The molecule has 2 aromatic heterocycles. The van der Waals surface area contributed by atoms with Gasteiger partial charge in [0.05, 0.1) is 0 Å². The van der Waals surface area contributed by atoms with Crippen molar-refractivity contribution in [3.8, 4) is 0 Å². The van der Waals surface area contributed by atoms with E-state index in [0.717, 1.165) is 24.1 Å². The normalized spacial score (nSPS) is 17.4. The molecule has 0 amide bonds. The molecule has 1 saturated heterocycles. The van der Waals surface area contributed by atoms with Gasteiger partial charge in [-0.1, -0.05) is 6.42 Å². The summed E-state index contributed by atoms with van der Waals surface area (Å²) in [6, 6.07) is 4.11. The smallest absolute Gasteiger partial charge is 0.117 e. The summed E-state index contributed by atoms with van der Waals surface area (Å²) in [5, 5.41) is 19.5. The molecule has 1 N–H and O–H groups in total. The van der Waals surface area contributed by atoms with Gasteiger partial charge in [-0.15, -0.1) is 0 Å². The topological polar surface area (TPSA) is 23.5 Å². The van der Waals surface area contributed by atoms with Gasteiger partial charge in [-0.25, -0.2) is 0 Å². The summed E-state index contributed by atoms with van der Waals surface area (Å²) < 4.78 is 0. The molecule has 0 spiro atoms. The summed E-state index contributed by atoms with van der Waals surface area (Å²) >= 11 is 3.31. The van der Waals surface area contributed by atoms with Crippen molar-refractivity contribution in [2.24, 2.45) is 0 Å². The monoisotopic (exact) mass is 307 g/mol. The molecule has 1 aliphatic rings. The van der Waals surface area contributed by atoms with E-state index in [2.05, 4.69) is 27.8 Å². The fraction of sp³-hybridized carbons (Fsp3) is 0.500. The number of piperidine rings is 1. The van der Waals surface area contributed by atoms with Gasteiger partial charge < -0.3 is 10.0 Å². The predicted octanol–water partition coefficient (Wildman–Crippen LogP) is 3.92. The number of aliphatic hydroxyl groups is 1.